The van der Waals surface area contributed by atoms with E-state index in [4.69, 9.17) is 22.9 Å². The predicted molar refractivity (Wildman–Crippen MR) is 382 cm³/mol. The van der Waals surface area contributed by atoms with Gasteiger partial charge in [-0.15, -0.1) is 0 Å². The first kappa shape index (κ1) is 90.4. The molecule has 0 heterocycles. The molecule has 0 saturated carbocycles. The number of carboxylic acids is 2. The third-order valence-electron chi connectivity index (χ3n) is 17.6. The fourth-order valence-electron chi connectivity index (χ4n) is 10.7. The zero-order valence-electron chi connectivity index (χ0n) is 61.0. The number of carboxylic acid groups (broad SMARTS) is 2. The standard InChI is InChI=1S/C70H112N16O18/c1-10-39(6)55(68(102)75-42(9)60(94)77-47(29-30-53(89)90)62(96)82-51(37-87)67(101)86-58(59(74)93)44-25-17-14-18-26-44)83-63(97)46(28-20-22-32-72)78-61(95)45(27-19-21-31-71)79-69(103)56(40(7)11-2)85-70(104)57(41(8)12-3)84-66(100)50(35-54(91)92)81-65(99)49(34-43-23-15-13-16-24-43)80-64(98)48(33-38(4)5)76-52(88)36-73/h13-18,23-26,38-42,45-51,55-58,87H,10-12,19-22,27-37,71-73H2,1-9H3,(H2,74,93)(H,75,102)(H,76,88)(H,77,94)(H,78,95)(H,79,103)(H,80,98)(H,81,99)(H,82,96)(H,83,97)(H,84,100)(H,85,104)(H,86,101)(H,89,90)(H,91,92)/t39-,40-,41-,42-,45-,46-,47-,48-,49-,50-,51-,55-,56-,57-,58-/m0/s1. The van der Waals surface area contributed by atoms with Gasteiger partial charge in [0.2, 0.25) is 76.8 Å². The molecule has 0 aromatic heterocycles. The number of nitrogens with two attached hydrogens (primary N) is 4. The number of carbonyl (C=O) groups is 15. The molecule has 0 aliphatic carbocycles. The van der Waals surface area contributed by atoms with Crippen molar-refractivity contribution in [2.75, 3.05) is 26.2 Å². The minimum Gasteiger partial charge on any atom is -0.481 e. The number of aliphatic carboxylic acids is 2. The molecule has 2 aromatic rings. The lowest BCUT2D eigenvalue weighted by molar-refractivity contribution is -0.142. The van der Waals surface area contributed by atoms with Crippen molar-refractivity contribution < 1.29 is 87.2 Å². The molecule has 0 bridgehead atoms. The van der Waals surface area contributed by atoms with Crippen LogP contribution >= 0.6 is 0 Å². The number of primary amides is 1. The molecule has 2 aromatic carbocycles. The van der Waals surface area contributed by atoms with E-state index in [1.54, 1.807) is 90.1 Å². The molecule has 34 nitrogen and oxygen atoms in total. The summed E-state index contributed by atoms with van der Waals surface area (Å²) in [5.74, 6) is -17.0. The highest BCUT2D eigenvalue weighted by Crippen LogP contribution is 2.18. The van der Waals surface area contributed by atoms with Crippen molar-refractivity contribution >= 4 is 88.7 Å². The van der Waals surface area contributed by atoms with Crippen molar-refractivity contribution in [1.82, 2.24) is 63.8 Å². The van der Waals surface area contributed by atoms with E-state index in [9.17, 15) is 87.2 Å². The van der Waals surface area contributed by atoms with Crippen LogP contribution < -0.4 is 86.7 Å². The van der Waals surface area contributed by atoms with Gasteiger partial charge < -0.3 is 102 Å². The van der Waals surface area contributed by atoms with E-state index in [1.807, 2.05) is 13.8 Å². The summed E-state index contributed by atoms with van der Waals surface area (Å²) in [6, 6.07) is -1.40. The van der Waals surface area contributed by atoms with Gasteiger partial charge >= 0.3 is 11.9 Å². The Morgan fingerprint density at radius 1 is 0.404 bits per heavy atom. The number of aliphatic hydroxyl groups is 1. The Morgan fingerprint density at radius 3 is 1.24 bits per heavy atom. The largest absolute Gasteiger partial charge is 0.481 e. The van der Waals surface area contributed by atoms with E-state index in [0.717, 1.165) is 0 Å². The van der Waals surface area contributed by atoms with Gasteiger partial charge in [-0.2, -0.15) is 0 Å². The maximum absolute atomic E-state index is 14.7. The van der Waals surface area contributed by atoms with Gasteiger partial charge in [-0.3, -0.25) is 71.9 Å². The Balaban J connectivity index is 2.47. The Kier molecular flexibility index (Phi) is 41.4. The summed E-state index contributed by atoms with van der Waals surface area (Å²) in [7, 11) is 0. The van der Waals surface area contributed by atoms with Gasteiger partial charge in [0.25, 0.3) is 0 Å². The van der Waals surface area contributed by atoms with Gasteiger partial charge in [0.05, 0.1) is 19.6 Å². The summed E-state index contributed by atoms with van der Waals surface area (Å²) in [6.07, 6.45) is -0.101. The van der Waals surface area contributed by atoms with Gasteiger partial charge in [-0.25, -0.2) is 0 Å². The molecule has 0 saturated heterocycles. The van der Waals surface area contributed by atoms with Crippen LogP contribution in [0.15, 0.2) is 60.7 Å². The number of aliphatic hydroxyl groups excluding tert-OH is 1. The molecule has 0 aliphatic rings. The summed E-state index contributed by atoms with van der Waals surface area (Å²) in [6.45, 7) is 13.9. The van der Waals surface area contributed by atoms with E-state index in [-0.39, 0.29) is 82.4 Å². The summed E-state index contributed by atoms with van der Waals surface area (Å²) in [4.78, 5) is 204. The van der Waals surface area contributed by atoms with Crippen LogP contribution in [0.25, 0.3) is 0 Å². The maximum atomic E-state index is 14.7. The zero-order chi connectivity index (χ0) is 78.3. The first-order valence-corrected chi connectivity index (χ1v) is 35.4. The molecule has 0 radical (unpaired) electrons. The Bertz CT molecular complexity index is 3170. The molecule has 104 heavy (non-hydrogen) atoms. The summed E-state index contributed by atoms with van der Waals surface area (Å²) >= 11 is 0. The number of rotatable bonds is 50. The molecular weight excluding hydrogens is 1350 g/mol. The predicted octanol–water partition coefficient (Wildman–Crippen LogP) is -2.34. The molecule has 0 aliphatic heterocycles. The Labute approximate surface area is 606 Å². The van der Waals surface area contributed by atoms with Gasteiger partial charge in [0.1, 0.15) is 72.5 Å². The molecule has 23 N–H and O–H groups in total. The van der Waals surface area contributed by atoms with Crippen LogP contribution in [0.3, 0.4) is 0 Å². The van der Waals surface area contributed by atoms with Gasteiger partial charge in [0, 0.05) is 12.8 Å². The molecule has 13 amide bonds. The second-order valence-corrected chi connectivity index (χ2v) is 26.4. The Morgan fingerprint density at radius 2 is 0.788 bits per heavy atom. The minimum atomic E-state index is -1.84. The monoisotopic (exact) mass is 1460 g/mol. The highest BCUT2D eigenvalue weighted by Gasteiger charge is 2.39. The number of hydrogen-bond acceptors (Lipinski definition) is 19. The van der Waals surface area contributed by atoms with Gasteiger partial charge in [-0.05, 0) is 106 Å². The smallest absolute Gasteiger partial charge is 0.305 e. The van der Waals surface area contributed by atoms with Crippen LogP contribution in [-0.4, -0.2) is 197 Å². The number of benzene rings is 2. The van der Waals surface area contributed by atoms with Gasteiger partial charge in [0.15, 0.2) is 0 Å². The quantitative estimate of drug-likeness (QED) is 0.0309. The fraction of sp³-hybridized carbons (Fsp3) is 0.614. The van der Waals surface area contributed by atoms with E-state index in [1.165, 1.54) is 19.1 Å². The molecule has 0 unspecified atom stereocenters. The molecule has 580 valence electrons. The SMILES string of the molecule is CC[C@H](C)[C@H](NC(=O)[C@H](CCCCN)NC(=O)[C@H](CCCCN)NC(=O)[C@@H](NC(=O)[C@@H](NC(=O)[C@H](CC(=O)O)NC(=O)[C@H](Cc1ccccc1)NC(=O)[C@H](CC(C)C)NC(=O)CN)[C@@H](C)CC)[C@@H](C)CC)C(=O)N[C@@H](C)C(=O)N[C@@H](CCC(=O)O)C(=O)N[C@@H](CO)C(=O)N[C@H](C(N)=O)c1ccccc1. The molecule has 15 atom stereocenters. The number of carbonyl (C=O) groups excluding carboxylic acids is 13. The average molecular weight is 1470 g/mol. The van der Waals surface area contributed by atoms with Crippen LogP contribution in [-0.2, 0) is 78.3 Å². The summed E-state index contributed by atoms with van der Waals surface area (Å²) < 4.78 is 0. The third-order valence-corrected chi connectivity index (χ3v) is 17.6. The van der Waals surface area contributed by atoms with E-state index in [2.05, 4.69) is 63.8 Å². The second-order valence-electron chi connectivity index (χ2n) is 26.4. The number of unbranched alkanes of at least 4 members (excludes halogenated alkanes) is 2. The highest BCUT2D eigenvalue weighted by molar-refractivity contribution is 6.00. The minimum absolute atomic E-state index is 0.0330. The molecular formula is C70H112N16O18. The third kappa shape index (κ3) is 31.9. The first-order valence-electron chi connectivity index (χ1n) is 35.4. The second kappa shape index (κ2) is 47.6. The molecule has 2 rings (SSSR count). The topological polar surface area (TPSA) is 565 Å². The van der Waals surface area contributed by atoms with Crippen LogP contribution in [0.5, 0.6) is 0 Å². The average Bonchev–Trinajstić information content (AvgIpc) is 0.834. The maximum Gasteiger partial charge on any atom is 0.305 e. The van der Waals surface area contributed by atoms with E-state index >= 15 is 0 Å². The summed E-state index contributed by atoms with van der Waals surface area (Å²) in [5, 5.41) is 60.2. The van der Waals surface area contributed by atoms with Crippen molar-refractivity contribution in [1.29, 1.82) is 0 Å². The van der Waals surface area contributed by atoms with Crippen molar-refractivity contribution in [3.05, 3.63) is 71.8 Å². The van der Waals surface area contributed by atoms with Crippen molar-refractivity contribution in [2.45, 2.75) is 225 Å². The zero-order valence-corrected chi connectivity index (χ0v) is 61.0. The van der Waals surface area contributed by atoms with E-state index in [0.29, 0.717) is 18.4 Å². The van der Waals surface area contributed by atoms with Crippen molar-refractivity contribution in [2.24, 2.45) is 46.6 Å². The summed E-state index contributed by atoms with van der Waals surface area (Å²) in [5.41, 5.74) is 23.6. The lowest BCUT2D eigenvalue weighted by Gasteiger charge is -2.31. The van der Waals surface area contributed by atoms with Gasteiger partial charge in [-0.1, -0.05) is 135 Å². The molecule has 0 fully saturated rings. The number of hydrogen-bond donors (Lipinski definition) is 19. The highest BCUT2D eigenvalue weighted by atomic mass is 16.4. The van der Waals surface area contributed by atoms with Crippen LogP contribution in [0, 0.1) is 23.7 Å². The van der Waals surface area contributed by atoms with Crippen LogP contribution in [0.4, 0.5) is 0 Å². The molecule has 0 spiro atoms. The fourth-order valence-corrected chi connectivity index (χ4v) is 10.7. The number of nitrogens with one attached hydrogen (secondary N) is 12. The first-order chi connectivity index (χ1) is 49.2. The lowest BCUT2D eigenvalue weighted by Crippen LogP contribution is -2.62. The van der Waals surface area contributed by atoms with Crippen LogP contribution in [0.2, 0.25) is 0 Å². The lowest BCUT2D eigenvalue weighted by atomic mass is 9.94. The van der Waals surface area contributed by atoms with Crippen molar-refractivity contribution in [3.8, 4) is 0 Å². The van der Waals surface area contributed by atoms with Crippen LogP contribution in [0.1, 0.15) is 163 Å². The normalized spacial score (nSPS) is 15.5. The Hall–Kier alpha value is -9.67. The number of amides is 13. The van der Waals surface area contributed by atoms with Crippen molar-refractivity contribution in [3.63, 3.8) is 0 Å². The van der Waals surface area contributed by atoms with E-state index < -0.39 is 211 Å². The molecule has 34 heteroatoms.